The molecule has 5 aromatic rings. The Hall–Kier alpha value is -5.24. The second kappa shape index (κ2) is 11.5. The number of rotatable bonds is 7. The van der Waals surface area contributed by atoms with Gasteiger partial charge in [0.1, 0.15) is 11.5 Å². The normalized spacial score (nSPS) is 10.8. The van der Waals surface area contributed by atoms with Crippen molar-refractivity contribution in [1.29, 1.82) is 0 Å². The van der Waals surface area contributed by atoms with Gasteiger partial charge >= 0.3 is 5.97 Å². The number of esters is 1. The zero-order valence-electron chi connectivity index (χ0n) is 23.2. The van der Waals surface area contributed by atoms with Crippen LogP contribution < -0.4 is 15.0 Å². The van der Waals surface area contributed by atoms with Gasteiger partial charge in [-0.2, -0.15) is 9.78 Å². The molecule has 0 saturated heterocycles. The molecule has 1 heterocycles. The van der Waals surface area contributed by atoms with E-state index in [2.05, 4.69) is 5.32 Å². The molecule has 0 aliphatic rings. The van der Waals surface area contributed by atoms with Crippen molar-refractivity contribution >= 4 is 23.3 Å². The first-order chi connectivity index (χ1) is 19.7. The molecule has 206 valence electrons. The van der Waals surface area contributed by atoms with Crippen LogP contribution in [0.15, 0.2) is 97.1 Å². The summed E-state index contributed by atoms with van der Waals surface area (Å²) in [6.07, 6.45) is 0. The van der Waals surface area contributed by atoms with Crippen molar-refractivity contribution in [2.24, 2.45) is 0 Å². The van der Waals surface area contributed by atoms with Crippen LogP contribution in [0.1, 0.15) is 22.8 Å². The average Bonchev–Trinajstić information content (AvgIpc) is 3.32. The van der Waals surface area contributed by atoms with E-state index in [0.29, 0.717) is 22.5 Å². The van der Waals surface area contributed by atoms with Gasteiger partial charge in [0.25, 0.3) is 5.91 Å². The first-order valence-electron chi connectivity index (χ1n) is 13.0. The Balaban J connectivity index is 1.62. The number of anilines is 2. The number of benzene rings is 4. The standard InChI is InChI=1S/C33H29FN4O3/c1-21-8-18-28(19-9-21)38-33(41-22(2)39)30(31(36-38)25-6-5-7-29(20-25)37(3)4)23-12-16-27(17-13-23)35-32(40)24-10-14-26(34)15-11-24/h5-20H,1-4H3,(H,35,40). The van der Waals surface area contributed by atoms with Crippen LogP contribution in [0.25, 0.3) is 28.1 Å². The zero-order valence-corrected chi connectivity index (χ0v) is 23.2. The molecule has 0 fully saturated rings. The Bertz CT molecular complexity index is 1710. The van der Waals surface area contributed by atoms with Crippen LogP contribution in [0.5, 0.6) is 5.88 Å². The number of aryl methyl sites for hydroxylation is 1. The largest absolute Gasteiger partial charge is 0.407 e. The lowest BCUT2D eigenvalue weighted by Crippen LogP contribution is -2.11. The predicted octanol–water partition coefficient (Wildman–Crippen LogP) is 6.90. The fourth-order valence-corrected chi connectivity index (χ4v) is 4.41. The Labute approximate surface area is 237 Å². The summed E-state index contributed by atoms with van der Waals surface area (Å²) in [7, 11) is 3.93. The summed E-state index contributed by atoms with van der Waals surface area (Å²) in [4.78, 5) is 27.0. The van der Waals surface area contributed by atoms with E-state index < -0.39 is 11.8 Å². The highest BCUT2D eigenvalue weighted by molar-refractivity contribution is 6.04. The fraction of sp³-hybridized carbons (Fsp3) is 0.121. The summed E-state index contributed by atoms with van der Waals surface area (Å²) in [6, 6.07) is 28.3. The molecule has 0 atom stereocenters. The van der Waals surface area contributed by atoms with E-state index in [-0.39, 0.29) is 11.8 Å². The van der Waals surface area contributed by atoms with E-state index in [1.165, 1.54) is 31.2 Å². The van der Waals surface area contributed by atoms with Crippen LogP contribution in [0.4, 0.5) is 15.8 Å². The number of aromatic nitrogens is 2. The molecular weight excluding hydrogens is 519 g/mol. The SMILES string of the molecule is CC(=O)Oc1c(-c2ccc(NC(=O)c3ccc(F)cc3)cc2)c(-c2cccc(N(C)C)c2)nn1-c1ccc(C)cc1. The van der Waals surface area contributed by atoms with E-state index in [1.807, 2.05) is 86.6 Å². The van der Waals surface area contributed by atoms with E-state index in [0.717, 1.165) is 28.1 Å². The van der Waals surface area contributed by atoms with Gasteiger partial charge in [0.15, 0.2) is 0 Å². The highest BCUT2D eigenvalue weighted by atomic mass is 19.1. The molecule has 1 aromatic heterocycles. The molecule has 0 unspecified atom stereocenters. The zero-order chi connectivity index (χ0) is 29.1. The van der Waals surface area contributed by atoms with Crippen LogP contribution in [0.3, 0.4) is 0 Å². The van der Waals surface area contributed by atoms with Gasteiger partial charge in [-0.25, -0.2) is 4.39 Å². The number of halogens is 1. The van der Waals surface area contributed by atoms with Crippen LogP contribution in [0.2, 0.25) is 0 Å². The Morgan fingerprint density at radius 1 is 0.878 bits per heavy atom. The third-order valence-corrected chi connectivity index (χ3v) is 6.54. The number of nitrogens with zero attached hydrogens (tertiary/aromatic N) is 3. The smallest absolute Gasteiger partial charge is 0.309 e. The molecule has 4 aromatic carbocycles. The first-order valence-corrected chi connectivity index (χ1v) is 13.0. The second-order valence-electron chi connectivity index (χ2n) is 9.85. The summed E-state index contributed by atoms with van der Waals surface area (Å²) in [5, 5.41) is 7.78. The second-order valence-corrected chi connectivity index (χ2v) is 9.85. The van der Waals surface area contributed by atoms with Gasteiger partial charge < -0.3 is 15.0 Å². The average molecular weight is 549 g/mol. The van der Waals surface area contributed by atoms with Crippen molar-refractivity contribution in [3.8, 4) is 34.0 Å². The fourth-order valence-electron chi connectivity index (χ4n) is 4.41. The van der Waals surface area contributed by atoms with E-state index in [1.54, 1.807) is 16.8 Å². The molecule has 7 nitrogen and oxygen atoms in total. The van der Waals surface area contributed by atoms with Crippen LogP contribution in [-0.2, 0) is 4.79 Å². The molecule has 0 radical (unpaired) electrons. The Morgan fingerprint density at radius 3 is 2.20 bits per heavy atom. The molecule has 0 aliphatic carbocycles. The molecule has 0 aliphatic heterocycles. The minimum Gasteiger partial charge on any atom is -0.407 e. The minimum atomic E-state index is -0.476. The monoisotopic (exact) mass is 548 g/mol. The number of hydrogen-bond acceptors (Lipinski definition) is 5. The molecule has 0 saturated carbocycles. The van der Waals surface area contributed by atoms with Gasteiger partial charge in [0, 0.05) is 43.5 Å². The number of hydrogen-bond donors (Lipinski definition) is 1. The van der Waals surface area contributed by atoms with E-state index in [4.69, 9.17) is 9.84 Å². The first kappa shape index (κ1) is 27.3. The molecule has 5 rings (SSSR count). The summed E-state index contributed by atoms with van der Waals surface area (Å²) < 4.78 is 20.7. The molecular formula is C33H29FN4O3. The lowest BCUT2D eigenvalue weighted by molar-refractivity contribution is -0.132. The van der Waals surface area contributed by atoms with Gasteiger partial charge in [-0.05, 0) is 73.2 Å². The van der Waals surface area contributed by atoms with Crippen LogP contribution in [0, 0.1) is 12.7 Å². The Kier molecular flexibility index (Phi) is 7.65. The number of amides is 1. The van der Waals surface area contributed by atoms with Crippen molar-refractivity contribution in [3.63, 3.8) is 0 Å². The summed E-state index contributed by atoms with van der Waals surface area (Å²) in [5.41, 5.74) is 6.57. The number of carbonyl (C=O) groups is 2. The molecule has 1 amide bonds. The van der Waals surface area contributed by atoms with Gasteiger partial charge in [0.2, 0.25) is 5.88 Å². The molecule has 1 N–H and O–H groups in total. The number of nitrogens with one attached hydrogen (secondary N) is 1. The van der Waals surface area contributed by atoms with Crippen molar-refractivity contribution in [2.45, 2.75) is 13.8 Å². The third kappa shape index (κ3) is 6.01. The molecule has 8 heteroatoms. The third-order valence-electron chi connectivity index (χ3n) is 6.54. The number of ether oxygens (including phenoxy) is 1. The van der Waals surface area contributed by atoms with Crippen LogP contribution in [-0.4, -0.2) is 35.8 Å². The molecule has 0 bridgehead atoms. The van der Waals surface area contributed by atoms with Crippen LogP contribution >= 0.6 is 0 Å². The minimum absolute atomic E-state index is 0.287. The van der Waals surface area contributed by atoms with E-state index in [9.17, 15) is 14.0 Å². The van der Waals surface area contributed by atoms with Crippen molar-refractivity contribution < 1.29 is 18.7 Å². The Morgan fingerprint density at radius 2 is 1.56 bits per heavy atom. The lowest BCUT2D eigenvalue weighted by atomic mass is 10.0. The maximum atomic E-state index is 13.3. The van der Waals surface area contributed by atoms with Gasteiger partial charge in [-0.1, -0.05) is 42.0 Å². The topological polar surface area (TPSA) is 76.5 Å². The maximum absolute atomic E-state index is 13.3. The van der Waals surface area contributed by atoms with Crippen molar-refractivity contribution in [2.75, 3.05) is 24.3 Å². The van der Waals surface area contributed by atoms with E-state index >= 15 is 0 Å². The summed E-state index contributed by atoms with van der Waals surface area (Å²) >= 11 is 0. The molecule has 41 heavy (non-hydrogen) atoms. The van der Waals surface area contributed by atoms with Crippen molar-refractivity contribution in [1.82, 2.24) is 9.78 Å². The van der Waals surface area contributed by atoms with Crippen molar-refractivity contribution in [3.05, 3.63) is 114 Å². The summed E-state index contributed by atoms with van der Waals surface area (Å²) in [5.74, 6) is -0.953. The highest BCUT2D eigenvalue weighted by Crippen LogP contribution is 2.42. The lowest BCUT2D eigenvalue weighted by Gasteiger charge is -2.14. The predicted molar refractivity (Wildman–Crippen MR) is 159 cm³/mol. The molecule has 0 spiro atoms. The van der Waals surface area contributed by atoms with Gasteiger partial charge in [0.05, 0.1) is 11.3 Å². The van der Waals surface area contributed by atoms with Gasteiger partial charge in [-0.15, -0.1) is 0 Å². The van der Waals surface area contributed by atoms with Gasteiger partial charge in [-0.3, -0.25) is 9.59 Å². The highest BCUT2D eigenvalue weighted by Gasteiger charge is 2.25. The maximum Gasteiger partial charge on any atom is 0.309 e. The summed E-state index contributed by atoms with van der Waals surface area (Å²) in [6.45, 7) is 3.36. The quantitative estimate of drug-likeness (QED) is 0.224. The number of carbonyl (C=O) groups excluding carboxylic acids is 2.